The third-order valence-corrected chi connectivity index (χ3v) is 4.40. The zero-order valence-corrected chi connectivity index (χ0v) is 13.5. The minimum Gasteiger partial charge on any atom is -0.480 e. The van der Waals surface area contributed by atoms with Crippen molar-refractivity contribution in [2.75, 3.05) is 13.2 Å². The van der Waals surface area contributed by atoms with E-state index in [1.807, 2.05) is 0 Å². The molecular formula is C17H16N2O4S. The smallest absolute Gasteiger partial charge is 0.252 e. The van der Waals surface area contributed by atoms with Crippen molar-refractivity contribution in [2.45, 2.75) is 4.90 Å². The number of para-hydroxylation sites is 1. The number of amides is 1. The van der Waals surface area contributed by atoms with Crippen LogP contribution in [0.25, 0.3) is 0 Å². The first-order chi connectivity index (χ1) is 11.5. The lowest BCUT2D eigenvalue weighted by Crippen LogP contribution is -2.24. The van der Waals surface area contributed by atoms with Gasteiger partial charge in [0, 0.05) is 0 Å². The van der Waals surface area contributed by atoms with Gasteiger partial charge in [0.2, 0.25) is 10.0 Å². The first kappa shape index (κ1) is 17.5. The molecule has 2 aromatic rings. The number of benzene rings is 2. The number of rotatable bonds is 6. The number of carbonyl (C=O) groups is 1. The van der Waals surface area contributed by atoms with Gasteiger partial charge in [-0.15, -0.1) is 0 Å². The fraction of sp³-hybridized carbons (Fsp3) is 0.118. The Labute approximate surface area is 140 Å². The maximum Gasteiger partial charge on any atom is 0.252 e. The summed E-state index contributed by atoms with van der Waals surface area (Å²) >= 11 is 0. The molecule has 0 aromatic heterocycles. The summed E-state index contributed by atoms with van der Waals surface area (Å²) in [5, 5.41) is 0. The summed E-state index contributed by atoms with van der Waals surface area (Å²) in [6.07, 6.45) is 0. The van der Waals surface area contributed by atoms with Gasteiger partial charge >= 0.3 is 0 Å². The summed E-state index contributed by atoms with van der Waals surface area (Å²) in [5.41, 5.74) is 5.51. The molecule has 0 radical (unpaired) electrons. The van der Waals surface area contributed by atoms with Gasteiger partial charge in [0.15, 0.2) is 0 Å². The summed E-state index contributed by atoms with van der Waals surface area (Å²) in [7, 11) is -3.57. The van der Waals surface area contributed by atoms with E-state index in [4.69, 9.17) is 10.5 Å². The molecule has 0 fully saturated rings. The molecule has 2 rings (SSSR count). The molecule has 0 bridgehead atoms. The predicted molar refractivity (Wildman–Crippen MR) is 89.9 cm³/mol. The fourth-order valence-electron chi connectivity index (χ4n) is 1.84. The first-order valence-electron chi connectivity index (χ1n) is 7.03. The second-order valence-electron chi connectivity index (χ2n) is 4.64. The molecule has 0 aliphatic rings. The monoisotopic (exact) mass is 344 g/mol. The SMILES string of the molecule is NC(=O)c1ccccc1OCC#CCNS(=O)(=O)c1ccccc1. The highest BCUT2D eigenvalue weighted by Gasteiger charge is 2.11. The van der Waals surface area contributed by atoms with Crippen molar-refractivity contribution in [3.63, 3.8) is 0 Å². The Morgan fingerprint density at radius 1 is 1.04 bits per heavy atom. The van der Waals surface area contributed by atoms with Gasteiger partial charge in [-0.2, -0.15) is 4.72 Å². The average Bonchev–Trinajstić information content (AvgIpc) is 2.59. The highest BCUT2D eigenvalue weighted by molar-refractivity contribution is 7.89. The zero-order chi connectivity index (χ0) is 17.4. The Morgan fingerprint density at radius 2 is 1.71 bits per heavy atom. The molecule has 0 heterocycles. The van der Waals surface area contributed by atoms with Crippen LogP contribution in [0.5, 0.6) is 5.75 Å². The minimum atomic E-state index is -3.57. The van der Waals surface area contributed by atoms with Gasteiger partial charge in [0.25, 0.3) is 5.91 Å². The first-order valence-corrected chi connectivity index (χ1v) is 8.51. The topological polar surface area (TPSA) is 98.5 Å². The van der Waals surface area contributed by atoms with Gasteiger partial charge in [-0.05, 0) is 24.3 Å². The maximum atomic E-state index is 11.9. The third kappa shape index (κ3) is 4.84. The van der Waals surface area contributed by atoms with Crippen LogP contribution in [0.2, 0.25) is 0 Å². The molecule has 0 unspecified atom stereocenters. The molecule has 1 amide bonds. The van der Waals surface area contributed by atoms with Crippen molar-refractivity contribution in [3.05, 3.63) is 60.2 Å². The van der Waals surface area contributed by atoms with E-state index in [-0.39, 0.29) is 23.6 Å². The predicted octanol–water partition coefficient (Wildman–Crippen LogP) is 1.15. The van der Waals surface area contributed by atoms with Gasteiger partial charge in [-0.1, -0.05) is 42.2 Å². The van der Waals surface area contributed by atoms with E-state index in [1.165, 1.54) is 12.1 Å². The maximum absolute atomic E-state index is 11.9. The molecule has 0 saturated heterocycles. The number of nitrogens with one attached hydrogen (secondary N) is 1. The number of ether oxygens (including phenoxy) is 1. The number of nitrogens with two attached hydrogens (primary N) is 1. The largest absolute Gasteiger partial charge is 0.480 e. The van der Waals surface area contributed by atoms with Crippen LogP contribution in [0.1, 0.15) is 10.4 Å². The molecule has 0 aliphatic heterocycles. The summed E-state index contributed by atoms with van der Waals surface area (Å²) in [5.74, 6) is 5.07. The Bertz CT molecular complexity index is 868. The Hall–Kier alpha value is -2.82. The lowest BCUT2D eigenvalue weighted by molar-refractivity contribution is 0.0997. The van der Waals surface area contributed by atoms with E-state index in [0.717, 1.165) is 0 Å². The standard InChI is InChI=1S/C17H16N2O4S/c18-17(20)15-10-4-5-11-16(15)23-13-7-6-12-19-24(21,22)14-8-2-1-3-9-14/h1-5,8-11,19H,12-13H2,(H2,18,20). The van der Waals surface area contributed by atoms with Crippen molar-refractivity contribution < 1.29 is 17.9 Å². The van der Waals surface area contributed by atoms with Crippen molar-refractivity contribution in [3.8, 4) is 17.6 Å². The zero-order valence-electron chi connectivity index (χ0n) is 12.7. The molecule has 3 N–H and O–H groups in total. The molecular weight excluding hydrogens is 328 g/mol. The van der Waals surface area contributed by atoms with Crippen LogP contribution in [0.4, 0.5) is 0 Å². The van der Waals surface area contributed by atoms with Gasteiger partial charge in [-0.25, -0.2) is 8.42 Å². The molecule has 0 spiro atoms. The van der Waals surface area contributed by atoms with Crippen LogP contribution in [0.3, 0.4) is 0 Å². The van der Waals surface area contributed by atoms with Crippen molar-refractivity contribution in [1.82, 2.24) is 4.72 Å². The van der Waals surface area contributed by atoms with Crippen LogP contribution in [0.15, 0.2) is 59.5 Å². The van der Waals surface area contributed by atoms with E-state index >= 15 is 0 Å². The molecule has 0 saturated carbocycles. The van der Waals surface area contributed by atoms with E-state index in [2.05, 4.69) is 16.6 Å². The quantitative estimate of drug-likeness (QED) is 0.768. The van der Waals surface area contributed by atoms with Gasteiger partial charge in [0.05, 0.1) is 17.0 Å². The lowest BCUT2D eigenvalue weighted by atomic mass is 10.2. The third-order valence-electron chi connectivity index (χ3n) is 2.98. The minimum absolute atomic E-state index is 0.0113. The molecule has 24 heavy (non-hydrogen) atoms. The van der Waals surface area contributed by atoms with Crippen molar-refractivity contribution in [2.24, 2.45) is 5.73 Å². The molecule has 0 atom stereocenters. The molecule has 0 aliphatic carbocycles. The Balaban J connectivity index is 1.86. The van der Waals surface area contributed by atoms with E-state index in [1.54, 1.807) is 42.5 Å². The van der Waals surface area contributed by atoms with Crippen LogP contribution in [-0.4, -0.2) is 27.5 Å². The van der Waals surface area contributed by atoms with Crippen molar-refractivity contribution in [1.29, 1.82) is 0 Å². The summed E-state index contributed by atoms with van der Waals surface area (Å²) in [6.45, 7) is -0.0323. The number of sulfonamides is 1. The molecule has 6 nitrogen and oxygen atoms in total. The van der Waals surface area contributed by atoms with Crippen LogP contribution in [-0.2, 0) is 10.0 Å². The molecule has 7 heteroatoms. The number of primary amides is 1. The second-order valence-corrected chi connectivity index (χ2v) is 6.41. The van der Waals surface area contributed by atoms with Gasteiger partial charge in [-0.3, -0.25) is 4.79 Å². The van der Waals surface area contributed by atoms with Crippen LogP contribution < -0.4 is 15.2 Å². The number of hydrogen-bond acceptors (Lipinski definition) is 4. The highest BCUT2D eigenvalue weighted by Crippen LogP contribution is 2.16. The Morgan fingerprint density at radius 3 is 2.42 bits per heavy atom. The van der Waals surface area contributed by atoms with E-state index in [9.17, 15) is 13.2 Å². The summed E-state index contributed by atoms with van der Waals surface area (Å²) in [6, 6.07) is 14.6. The summed E-state index contributed by atoms with van der Waals surface area (Å²) < 4.78 is 31.6. The average molecular weight is 344 g/mol. The van der Waals surface area contributed by atoms with Gasteiger partial charge in [0.1, 0.15) is 12.4 Å². The normalized spacial score (nSPS) is 10.5. The second kappa shape index (κ2) is 8.15. The Kier molecular flexibility index (Phi) is 5.95. The number of hydrogen-bond donors (Lipinski definition) is 2. The molecule has 124 valence electrons. The lowest BCUT2D eigenvalue weighted by Gasteiger charge is -2.06. The number of carbonyl (C=O) groups excluding carboxylic acids is 1. The molecule has 2 aromatic carbocycles. The van der Waals surface area contributed by atoms with E-state index in [0.29, 0.717) is 5.75 Å². The van der Waals surface area contributed by atoms with Crippen molar-refractivity contribution >= 4 is 15.9 Å². The van der Waals surface area contributed by atoms with E-state index < -0.39 is 15.9 Å². The van der Waals surface area contributed by atoms with Crippen LogP contribution in [0, 0.1) is 11.8 Å². The highest BCUT2D eigenvalue weighted by atomic mass is 32.2. The fourth-order valence-corrected chi connectivity index (χ4v) is 2.78. The van der Waals surface area contributed by atoms with Gasteiger partial charge < -0.3 is 10.5 Å². The summed E-state index contributed by atoms with van der Waals surface area (Å²) in [4.78, 5) is 11.4. The van der Waals surface area contributed by atoms with Crippen LogP contribution >= 0.6 is 0 Å².